The summed E-state index contributed by atoms with van der Waals surface area (Å²) in [6, 6.07) is 2.36. The molecule has 0 aromatic carbocycles. The minimum atomic E-state index is 0.432. The van der Waals surface area contributed by atoms with Gasteiger partial charge in [-0.25, -0.2) is 4.98 Å². The van der Waals surface area contributed by atoms with Gasteiger partial charge in [0.05, 0.1) is 18.9 Å². The van der Waals surface area contributed by atoms with Crippen molar-refractivity contribution in [1.82, 2.24) is 29.9 Å². The molecule has 8 heteroatoms. The topological polar surface area (TPSA) is 66.2 Å². The van der Waals surface area contributed by atoms with E-state index in [0.717, 1.165) is 37.9 Å². The molecule has 3 rings (SSSR count). The molecule has 2 aromatic rings. The van der Waals surface area contributed by atoms with Crippen LogP contribution >= 0.6 is 0 Å². The fraction of sp³-hybridized carbons (Fsp3) is 0.625. The Hall–Kier alpha value is -2.22. The van der Waals surface area contributed by atoms with E-state index in [1.165, 1.54) is 12.8 Å². The lowest BCUT2D eigenvalue weighted by Gasteiger charge is -2.37. The van der Waals surface area contributed by atoms with Crippen molar-refractivity contribution in [2.75, 3.05) is 50.6 Å². The highest BCUT2D eigenvalue weighted by atomic mass is 15.5. The van der Waals surface area contributed by atoms with Gasteiger partial charge in [-0.1, -0.05) is 0 Å². The van der Waals surface area contributed by atoms with E-state index in [-0.39, 0.29) is 0 Å². The van der Waals surface area contributed by atoms with E-state index in [4.69, 9.17) is 0 Å². The predicted octanol–water partition coefficient (Wildman–Crippen LogP) is 0.735. The van der Waals surface area contributed by atoms with Crippen LogP contribution in [0.2, 0.25) is 0 Å². The number of likely N-dealkylation sites (tertiary alicyclic amines) is 1. The number of anilines is 2. The molecule has 1 aliphatic rings. The molecule has 1 saturated heterocycles. The van der Waals surface area contributed by atoms with E-state index >= 15 is 0 Å². The summed E-state index contributed by atoms with van der Waals surface area (Å²) in [5.74, 6) is 1.73. The minimum Gasteiger partial charge on any atom is -0.363 e. The van der Waals surface area contributed by atoms with Crippen molar-refractivity contribution in [1.29, 1.82) is 0 Å². The molecule has 130 valence electrons. The minimum absolute atomic E-state index is 0.432. The molecule has 24 heavy (non-hydrogen) atoms. The lowest BCUT2D eigenvalue weighted by Crippen LogP contribution is -2.48. The highest BCUT2D eigenvalue weighted by molar-refractivity contribution is 5.42. The summed E-state index contributed by atoms with van der Waals surface area (Å²) in [5, 5.41) is 8.34. The third kappa shape index (κ3) is 4.00. The number of hydrogen-bond donors (Lipinski definition) is 0. The smallest absolute Gasteiger partial charge is 0.227 e. The van der Waals surface area contributed by atoms with Crippen LogP contribution in [0.5, 0.6) is 0 Å². The Labute approximate surface area is 143 Å². The van der Waals surface area contributed by atoms with Crippen LogP contribution in [-0.4, -0.2) is 76.7 Å². The Morgan fingerprint density at radius 2 is 1.92 bits per heavy atom. The van der Waals surface area contributed by atoms with Crippen LogP contribution < -0.4 is 9.80 Å². The van der Waals surface area contributed by atoms with E-state index in [9.17, 15) is 0 Å². The second-order valence-corrected chi connectivity index (χ2v) is 6.44. The maximum atomic E-state index is 4.66. The lowest BCUT2D eigenvalue weighted by molar-refractivity contribution is 0.193. The first-order valence-corrected chi connectivity index (χ1v) is 8.43. The number of hydrogen-bond acceptors (Lipinski definition) is 7. The Kier molecular flexibility index (Phi) is 5.24. The SMILES string of the molecule is CN(C)c1ccnc(N(C)C2CCCN(CCn3nccn3)C2)n1. The second kappa shape index (κ2) is 7.57. The fourth-order valence-electron chi connectivity index (χ4n) is 3.06. The van der Waals surface area contributed by atoms with Gasteiger partial charge in [0.1, 0.15) is 5.82 Å². The van der Waals surface area contributed by atoms with Gasteiger partial charge < -0.3 is 9.80 Å². The molecule has 0 radical (unpaired) electrons. The van der Waals surface area contributed by atoms with E-state index in [0.29, 0.717) is 6.04 Å². The number of piperidine rings is 1. The molecule has 1 atom stereocenters. The first kappa shape index (κ1) is 16.6. The van der Waals surface area contributed by atoms with Crippen LogP contribution in [0.1, 0.15) is 12.8 Å². The van der Waals surface area contributed by atoms with Crippen molar-refractivity contribution in [3.8, 4) is 0 Å². The van der Waals surface area contributed by atoms with Gasteiger partial charge in [-0.05, 0) is 25.5 Å². The molecule has 0 amide bonds. The molecule has 0 spiro atoms. The fourth-order valence-corrected chi connectivity index (χ4v) is 3.06. The number of nitrogens with zero attached hydrogens (tertiary/aromatic N) is 8. The van der Waals surface area contributed by atoms with Crippen molar-refractivity contribution in [2.45, 2.75) is 25.4 Å². The van der Waals surface area contributed by atoms with Crippen LogP contribution in [0.25, 0.3) is 0 Å². The summed E-state index contributed by atoms with van der Waals surface area (Å²) < 4.78 is 0. The van der Waals surface area contributed by atoms with Crippen molar-refractivity contribution in [3.63, 3.8) is 0 Å². The van der Waals surface area contributed by atoms with E-state index in [2.05, 4.69) is 37.0 Å². The summed E-state index contributed by atoms with van der Waals surface area (Å²) in [4.78, 5) is 17.6. The monoisotopic (exact) mass is 330 g/mol. The molecular formula is C16H26N8. The molecule has 0 saturated carbocycles. The quantitative estimate of drug-likeness (QED) is 0.774. The van der Waals surface area contributed by atoms with Gasteiger partial charge in [-0.15, -0.1) is 0 Å². The molecular weight excluding hydrogens is 304 g/mol. The molecule has 0 aliphatic carbocycles. The molecule has 0 N–H and O–H groups in total. The molecule has 1 unspecified atom stereocenters. The van der Waals surface area contributed by atoms with Gasteiger partial charge in [0, 0.05) is 46.5 Å². The Bertz CT molecular complexity index is 627. The zero-order valence-corrected chi connectivity index (χ0v) is 14.7. The molecule has 3 heterocycles. The van der Waals surface area contributed by atoms with Gasteiger partial charge in [-0.3, -0.25) is 4.90 Å². The highest BCUT2D eigenvalue weighted by Crippen LogP contribution is 2.20. The van der Waals surface area contributed by atoms with E-state index < -0.39 is 0 Å². The molecule has 0 bridgehead atoms. The van der Waals surface area contributed by atoms with Crippen LogP contribution in [0.3, 0.4) is 0 Å². The molecule has 8 nitrogen and oxygen atoms in total. The third-order valence-electron chi connectivity index (χ3n) is 4.51. The lowest BCUT2D eigenvalue weighted by atomic mass is 10.0. The Morgan fingerprint density at radius 3 is 2.67 bits per heavy atom. The summed E-state index contributed by atoms with van der Waals surface area (Å²) in [6.07, 6.45) is 7.64. The zero-order chi connectivity index (χ0) is 16.9. The van der Waals surface area contributed by atoms with Gasteiger partial charge in [0.25, 0.3) is 0 Å². The Morgan fingerprint density at radius 1 is 1.12 bits per heavy atom. The largest absolute Gasteiger partial charge is 0.363 e. The standard InChI is InChI=1S/C16H26N8/c1-21(2)15-6-7-17-16(20-15)22(3)14-5-4-10-23(13-14)11-12-24-18-8-9-19-24/h6-9,14H,4-5,10-13H2,1-3H3. The van der Waals surface area contributed by atoms with Crippen LogP contribution in [-0.2, 0) is 6.54 Å². The first-order valence-electron chi connectivity index (χ1n) is 8.43. The van der Waals surface area contributed by atoms with Crippen molar-refractivity contribution in [2.24, 2.45) is 0 Å². The van der Waals surface area contributed by atoms with Gasteiger partial charge in [0.2, 0.25) is 5.95 Å². The maximum Gasteiger partial charge on any atom is 0.227 e. The van der Waals surface area contributed by atoms with E-state index in [1.807, 2.05) is 31.3 Å². The molecule has 2 aromatic heterocycles. The summed E-state index contributed by atoms with van der Waals surface area (Å²) in [6.45, 7) is 3.95. The third-order valence-corrected chi connectivity index (χ3v) is 4.51. The number of aromatic nitrogens is 5. The number of likely N-dealkylation sites (N-methyl/N-ethyl adjacent to an activating group) is 1. The Balaban J connectivity index is 1.60. The first-order chi connectivity index (χ1) is 11.6. The zero-order valence-electron chi connectivity index (χ0n) is 14.7. The summed E-state index contributed by atoms with van der Waals surface area (Å²) in [7, 11) is 6.09. The summed E-state index contributed by atoms with van der Waals surface area (Å²) >= 11 is 0. The van der Waals surface area contributed by atoms with Gasteiger partial charge >= 0.3 is 0 Å². The number of rotatable bonds is 6. The normalized spacial score (nSPS) is 18.5. The predicted molar refractivity (Wildman–Crippen MR) is 94.2 cm³/mol. The van der Waals surface area contributed by atoms with Crippen molar-refractivity contribution in [3.05, 3.63) is 24.7 Å². The molecule has 1 aliphatic heterocycles. The van der Waals surface area contributed by atoms with Gasteiger partial charge in [0.15, 0.2) is 0 Å². The summed E-state index contributed by atoms with van der Waals surface area (Å²) in [5.41, 5.74) is 0. The van der Waals surface area contributed by atoms with Crippen LogP contribution in [0.15, 0.2) is 24.7 Å². The molecule has 1 fully saturated rings. The van der Waals surface area contributed by atoms with Gasteiger partial charge in [-0.2, -0.15) is 20.0 Å². The van der Waals surface area contributed by atoms with Crippen molar-refractivity contribution < 1.29 is 0 Å². The maximum absolute atomic E-state index is 4.66. The highest BCUT2D eigenvalue weighted by Gasteiger charge is 2.24. The second-order valence-electron chi connectivity index (χ2n) is 6.44. The van der Waals surface area contributed by atoms with E-state index in [1.54, 1.807) is 17.2 Å². The average Bonchev–Trinajstić information content (AvgIpc) is 3.13. The van der Waals surface area contributed by atoms with Crippen LogP contribution in [0, 0.1) is 0 Å². The van der Waals surface area contributed by atoms with Crippen molar-refractivity contribution >= 4 is 11.8 Å². The average molecular weight is 330 g/mol. The van der Waals surface area contributed by atoms with Crippen LogP contribution in [0.4, 0.5) is 11.8 Å².